The second-order valence-corrected chi connectivity index (χ2v) is 7.10. The zero-order valence-corrected chi connectivity index (χ0v) is 15.3. The number of nitrogens with zero attached hydrogens (tertiary/aromatic N) is 2. The van der Waals surface area contributed by atoms with Crippen LogP contribution in [0, 0.1) is 5.92 Å². The number of carbonyl (C=O) groups excluding carboxylic acids is 2. The number of aromatic nitrogens is 1. The molecule has 2 atom stereocenters. The summed E-state index contributed by atoms with van der Waals surface area (Å²) in [5, 5.41) is 4.08. The number of piperidine rings is 1. The van der Waals surface area contributed by atoms with Gasteiger partial charge in [0.05, 0.1) is 11.6 Å². The van der Waals surface area contributed by atoms with Gasteiger partial charge in [-0.15, -0.1) is 0 Å². The van der Waals surface area contributed by atoms with E-state index in [1.54, 1.807) is 13.0 Å². The Kier molecular flexibility index (Phi) is 5.52. The number of amides is 2. The van der Waals surface area contributed by atoms with Crippen LogP contribution >= 0.6 is 0 Å². The van der Waals surface area contributed by atoms with Crippen LogP contribution in [-0.2, 0) is 4.79 Å². The van der Waals surface area contributed by atoms with E-state index in [1.165, 1.54) is 0 Å². The van der Waals surface area contributed by atoms with Crippen LogP contribution in [0.25, 0.3) is 10.9 Å². The van der Waals surface area contributed by atoms with Crippen LogP contribution < -0.4 is 11.1 Å². The van der Waals surface area contributed by atoms with Gasteiger partial charge in [0.1, 0.15) is 5.69 Å². The molecule has 2 unspecified atom stereocenters. The average molecular weight is 354 g/mol. The van der Waals surface area contributed by atoms with Crippen molar-refractivity contribution in [1.29, 1.82) is 0 Å². The van der Waals surface area contributed by atoms with Crippen LogP contribution in [0.1, 0.15) is 37.2 Å². The van der Waals surface area contributed by atoms with Crippen LogP contribution in [0.15, 0.2) is 36.4 Å². The fourth-order valence-electron chi connectivity index (χ4n) is 3.50. The highest BCUT2D eigenvalue weighted by molar-refractivity contribution is 5.95. The number of carbonyl (C=O) groups is 2. The summed E-state index contributed by atoms with van der Waals surface area (Å²) in [6.07, 6.45) is 1.73. The molecular weight excluding hydrogens is 328 g/mol. The Balaban J connectivity index is 1.58. The van der Waals surface area contributed by atoms with Gasteiger partial charge in [-0.05, 0) is 44.7 Å². The number of likely N-dealkylation sites (tertiary alicyclic amines) is 1. The van der Waals surface area contributed by atoms with Crippen molar-refractivity contribution in [2.75, 3.05) is 13.1 Å². The Bertz CT molecular complexity index is 797. The minimum atomic E-state index is -0.456. The number of para-hydroxylation sites is 1. The number of hydrogen-bond acceptors (Lipinski definition) is 4. The largest absolute Gasteiger partial charge is 0.348 e. The zero-order valence-electron chi connectivity index (χ0n) is 15.3. The van der Waals surface area contributed by atoms with E-state index in [9.17, 15) is 9.59 Å². The lowest BCUT2D eigenvalue weighted by molar-refractivity contribution is -0.133. The highest BCUT2D eigenvalue weighted by Crippen LogP contribution is 2.21. The van der Waals surface area contributed by atoms with Crippen LogP contribution in [0.4, 0.5) is 0 Å². The molecule has 2 heterocycles. The lowest BCUT2D eigenvalue weighted by Crippen LogP contribution is -2.49. The molecule has 1 aromatic heterocycles. The molecule has 1 aliphatic heterocycles. The first-order valence-electron chi connectivity index (χ1n) is 9.16. The molecule has 0 saturated carbocycles. The summed E-state index contributed by atoms with van der Waals surface area (Å²) in [6, 6.07) is 11.0. The van der Waals surface area contributed by atoms with Gasteiger partial charge in [0.25, 0.3) is 5.91 Å². The van der Waals surface area contributed by atoms with Crippen LogP contribution in [0.5, 0.6) is 0 Å². The van der Waals surface area contributed by atoms with Gasteiger partial charge in [-0.3, -0.25) is 9.59 Å². The second kappa shape index (κ2) is 7.83. The third-order valence-electron chi connectivity index (χ3n) is 5.14. The predicted molar refractivity (Wildman–Crippen MR) is 102 cm³/mol. The molecule has 1 fully saturated rings. The highest BCUT2D eigenvalue weighted by atomic mass is 16.2. The smallest absolute Gasteiger partial charge is 0.270 e. The number of pyridine rings is 1. The SMILES string of the molecule is CC(N)C(=O)N1CCC(C(C)NC(=O)c2ccc3ccccc3n2)CC1. The maximum Gasteiger partial charge on any atom is 0.270 e. The maximum absolute atomic E-state index is 12.5. The first-order chi connectivity index (χ1) is 12.5. The molecule has 1 saturated heterocycles. The molecule has 2 aromatic rings. The zero-order chi connectivity index (χ0) is 18.7. The van der Waals surface area contributed by atoms with E-state index in [2.05, 4.69) is 10.3 Å². The summed E-state index contributed by atoms with van der Waals surface area (Å²) in [4.78, 5) is 30.8. The maximum atomic E-state index is 12.5. The molecule has 6 nitrogen and oxygen atoms in total. The topological polar surface area (TPSA) is 88.3 Å². The average Bonchev–Trinajstić information content (AvgIpc) is 2.67. The Morgan fingerprint density at radius 3 is 2.54 bits per heavy atom. The summed E-state index contributed by atoms with van der Waals surface area (Å²) >= 11 is 0. The molecule has 1 aromatic carbocycles. The molecular formula is C20H26N4O2. The monoisotopic (exact) mass is 354 g/mol. The van der Waals surface area contributed by atoms with Gasteiger partial charge in [-0.1, -0.05) is 24.3 Å². The van der Waals surface area contributed by atoms with E-state index in [4.69, 9.17) is 5.73 Å². The van der Waals surface area contributed by atoms with Crippen molar-refractivity contribution < 1.29 is 9.59 Å². The minimum absolute atomic E-state index is 0.000465. The number of benzene rings is 1. The number of rotatable bonds is 4. The first-order valence-corrected chi connectivity index (χ1v) is 9.16. The Morgan fingerprint density at radius 2 is 1.85 bits per heavy atom. The Morgan fingerprint density at radius 1 is 1.15 bits per heavy atom. The van der Waals surface area contributed by atoms with Crippen molar-refractivity contribution >= 4 is 22.7 Å². The fourth-order valence-corrected chi connectivity index (χ4v) is 3.50. The Labute approximate surface area is 153 Å². The van der Waals surface area contributed by atoms with Gasteiger partial charge in [-0.25, -0.2) is 4.98 Å². The molecule has 0 aliphatic carbocycles. The summed E-state index contributed by atoms with van der Waals surface area (Å²) < 4.78 is 0. The number of hydrogen-bond donors (Lipinski definition) is 2. The molecule has 1 aliphatic rings. The van der Waals surface area contributed by atoms with Crippen LogP contribution in [0.2, 0.25) is 0 Å². The van der Waals surface area contributed by atoms with Gasteiger partial charge < -0.3 is 16.0 Å². The van der Waals surface area contributed by atoms with E-state index in [1.807, 2.05) is 42.2 Å². The van der Waals surface area contributed by atoms with Crippen molar-refractivity contribution in [3.63, 3.8) is 0 Å². The third kappa shape index (κ3) is 4.02. The molecule has 138 valence electrons. The number of nitrogens with two attached hydrogens (primary N) is 1. The summed E-state index contributed by atoms with van der Waals surface area (Å²) in [6.45, 7) is 5.12. The normalized spacial score (nSPS) is 17.7. The summed E-state index contributed by atoms with van der Waals surface area (Å²) in [5.74, 6) is 0.189. The van der Waals surface area contributed by atoms with Gasteiger partial charge in [0, 0.05) is 24.5 Å². The highest BCUT2D eigenvalue weighted by Gasteiger charge is 2.28. The first kappa shape index (κ1) is 18.3. The van der Waals surface area contributed by atoms with Crippen molar-refractivity contribution in [3.8, 4) is 0 Å². The minimum Gasteiger partial charge on any atom is -0.348 e. The molecule has 0 bridgehead atoms. The predicted octanol–water partition coefficient (Wildman–Crippen LogP) is 1.94. The third-order valence-corrected chi connectivity index (χ3v) is 5.14. The number of fused-ring (bicyclic) bond motifs is 1. The quantitative estimate of drug-likeness (QED) is 0.878. The van der Waals surface area contributed by atoms with Crippen LogP contribution in [0.3, 0.4) is 0 Å². The lowest BCUT2D eigenvalue weighted by Gasteiger charge is -2.35. The Hall–Kier alpha value is -2.47. The lowest BCUT2D eigenvalue weighted by atomic mass is 9.90. The van der Waals surface area contributed by atoms with Gasteiger partial charge in [0.2, 0.25) is 5.91 Å². The fraction of sp³-hybridized carbons (Fsp3) is 0.450. The summed E-state index contributed by atoms with van der Waals surface area (Å²) in [7, 11) is 0. The van der Waals surface area contributed by atoms with Crippen LogP contribution in [-0.4, -0.2) is 46.9 Å². The van der Waals surface area contributed by atoms with E-state index >= 15 is 0 Å². The number of nitrogens with one attached hydrogen (secondary N) is 1. The van der Waals surface area contributed by atoms with E-state index < -0.39 is 6.04 Å². The van der Waals surface area contributed by atoms with Gasteiger partial charge in [-0.2, -0.15) is 0 Å². The van der Waals surface area contributed by atoms with Crippen molar-refractivity contribution in [1.82, 2.24) is 15.2 Å². The van der Waals surface area contributed by atoms with E-state index in [-0.39, 0.29) is 17.9 Å². The molecule has 3 rings (SSSR count). The van der Waals surface area contributed by atoms with Gasteiger partial charge >= 0.3 is 0 Å². The molecule has 0 radical (unpaired) electrons. The molecule has 3 N–H and O–H groups in total. The molecule has 0 spiro atoms. The van der Waals surface area contributed by atoms with Crippen molar-refractivity contribution in [2.45, 2.75) is 38.8 Å². The van der Waals surface area contributed by atoms with Crippen molar-refractivity contribution in [3.05, 3.63) is 42.1 Å². The van der Waals surface area contributed by atoms with Gasteiger partial charge in [0.15, 0.2) is 0 Å². The second-order valence-electron chi connectivity index (χ2n) is 7.10. The van der Waals surface area contributed by atoms with Crippen molar-refractivity contribution in [2.24, 2.45) is 11.7 Å². The summed E-state index contributed by atoms with van der Waals surface area (Å²) in [5.41, 5.74) is 6.92. The molecule has 6 heteroatoms. The standard InChI is InChI=1S/C20H26N4O2/c1-13(21)20(26)24-11-9-15(10-12-24)14(2)22-19(25)18-8-7-16-5-3-4-6-17(16)23-18/h3-8,13-15H,9-12,21H2,1-2H3,(H,22,25). The molecule has 2 amide bonds. The molecule has 26 heavy (non-hydrogen) atoms. The van der Waals surface area contributed by atoms with E-state index in [0.29, 0.717) is 24.7 Å². The van der Waals surface area contributed by atoms with E-state index in [0.717, 1.165) is 23.7 Å².